The number of nitro groups is 1. The Bertz CT molecular complexity index is 475. The fourth-order valence-electron chi connectivity index (χ4n) is 1.42. The largest absolute Gasteiger partial charge is 0.316 e. The van der Waals surface area contributed by atoms with E-state index in [1.165, 1.54) is 5.56 Å². The molecule has 0 aliphatic rings. The lowest BCUT2D eigenvalue weighted by molar-refractivity contribution is -0.445. The van der Waals surface area contributed by atoms with Crippen molar-refractivity contribution >= 4 is 5.69 Å². The van der Waals surface area contributed by atoms with Gasteiger partial charge in [0.15, 0.2) is 5.03 Å². The molecule has 0 aromatic heterocycles. The van der Waals surface area contributed by atoms with E-state index in [-0.39, 0.29) is 0 Å². The van der Waals surface area contributed by atoms with Gasteiger partial charge in [0.1, 0.15) is 5.69 Å². The minimum Gasteiger partial charge on any atom is -0.316 e. The molecule has 0 saturated carbocycles. The Labute approximate surface area is 112 Å². The van der Waals surface area contributed by atoms with Crippen LogP contribution in [0.4, 0.5) is 5.69 Å². The van der Waals surface area contributed by atoms with Crippen molar-refractivity contribution in [3.63, 3.8) is 0 Å². The van der Waals surface area contributed by atoms with E-state index >= 15 is 0 Å². The van der Waals surface area contributed by atoms with E-state index in [1.807, 2.05) is 30.7 Å². The normalized spacial score (nSPS) is 9.11. The number of nitrogens with zero attached hydrogens (tertiary/aromatic N) is 1. The maximum absolute atomic E-state index is 9.86. The van der Waals surface area contributed by atoms with Crippen molar-refractivity contribution in [2.24, 2.45) is 0 Å². The van der Waals surface area contributed by atoms with Crippen LogP contribution < -0.4 is 10.7 Å². The van der Waals surface area contributed by atoms with Crippen LogP contribution in [0.5, 0.6) is 0 Å². The van der Waals surface area contributed by atoms with E-state index in [0.717, 1.165) is 6.54 Å². The van der Waals surface area contributed by atoms with Crippen molar-refractivity contribution in [3.05, 3.63) is 76.3 Å². The highest BCUT2D eigenvalue weighted by molar-refractivity contribution is 5.39. The van der Waals surface area contributed by atoms with Gasteiger partial charge in [-0.25, -0.2) is 10.1 Å². The van der Waals surface area contributed by atoms with Crippen molar-refractivity contribution in [2.75, 3.05) is 12.5 Å². The van der Waals surface area contributed by atoms with Crippen LogP contribution in [0.3, 0.4) is 0 Å². The zero-order valence-corrected chi connectivity index (χ0v) is 10.7. The zero-order chi connectivity index (χ0) is 13.9. The Morgan fingerprint density at radius 3 is 2.00 bits per heavy atom. The molecule has 2 rings (SSSR count). The topological polar surface area (TPSA) is 67.2 Å². The highest BCUT2D eigenvalue weighted by Gasteiger charge is 1.93. The lowest BCUT2D eigenvalue weighted by atomic mass is 10.2. The molecule has 5 nitrogen and oxygen atoms in total. The van der Waals surface area contributed by atoms with E-state index in [4.69, 9.17) is 0 Å². The lowest BCUT2D eigenvalue weighted by Crippen LogP contribution is -2.06. The summed E-state index contributed by atoms with van der Waals surface area (Å²) in [5.41, 5.74) is 3.85. The fourth-order valence-corrected chi connectivity index (χ4v) is 1.42. The van der Waals surface area contributed by atoms with Gasteiger partial charge in [0.05, 0.1) is 0 Å². The summed E-state index contributed by atoms with van der Waals surface area (Å²) in [5, 5.41) is 12.4. The van der Waals surface area contributed by atoms with Crippen molar-refractivity contribution in [2.45, 2.75) is 6.54 Å². The van der Waals surface area contributed by atoms with Gasteiger partial charge in [0.25, 0.3) is 0 Å². The second kappa shape index (κ2) is 8.66. The average molecular weight is 259 g/mol. The lowest BCUT2D eigenvalue weighted by Gasteiger charge is -1.95. The van der Waals surface area contributed by atoms with Gasteiger partial charge in [-0.1, -0.05) is 48.5 Å². The first-order valence-corrected chi connectivity index (χ1v) is 5.87. The Morgan fingerprint density at radius 2 is 1.53 bits per heavy atom. The number of anilines is 1. The highest BCUT2D eigenvalue weighted by Crippen LogP contribution is 2.03. The summed E-state index contributed by atoms with van der Waals surface area (Å²) in [6.07, 6.45) is 0. The number of nitrogens with one attached hydrogen (secondary N) is 2. The second-order valence-corrected chi connectivity index (χ2v) is 3.75. The van der Waals surface area contributed by atoms with E-state index in [1.54, 1.807) is 30.3 Å². The molecule has 19 heavy (non-hydrogen) atoms. The summed E-state index contributed by atoms with van der Waals surface area (Å²) in [4.78, 5) is 9.86. The van der Waals surface area contributed by atoms with Gasteiger partial charge in [0.2, 0.25) is 0 Å². The third-order valence-corrected chi connectivity index (χ3v) is 2.22. The molecule has 0 spiro atoms. The van der Waals surface area contributed by atoms with Gasteiger partial charge in [-0.15, -0.1) is 5.43 Å². The standard InChI is InChI=1S/C8H11N.C6H6N2O2/c1-9-7-8-5-3-2-4-6-8;9-8(10)7-6-4-2-1-3-5-6/h2-6,9H,7H2,1H3;1-5,7H. The van der Waals surface area contributed by atoms with Crippen molar-refractivity contribution in [1.29, 1.82) is 0 Å². The fraction of sp³-hybridized carbons (Fsp3) is 0.143. The molecular weight excluding hydrogens is 242 g/mol. The SMILES string of the molecule is CNCc1ccccc1.O=[N+]([O-])Nc1ccccc1. The maximum atomic E-state index is 9.86. The predicted molar refractivity (Wildman–Crippen MR) is 76.3 cm³/mol. The molecule has 5 heteroatoms. The predicted octanol–water partition coefficient (Wildman–Crippen LogP) is 2.70. The van der Waals surface area contributed by atoms with Crippen LogP contribution in [0, 0.1) is 10.1 Å². The monoisotopic (exact) mass is 259 g/mol. The quantitative estimate of drug-likeness (QED) is 0.654. The van der Waals surface area contributed by atoms with Crippen molar-refractivity contribution in [3.8, 4) is 0 Å². The minimum absolute atomic E-state index is 0.493. The number of hydrogen-bond donors (Lipinski definition) is 2. The summed E-state index contributed by atoms with van der Waals surface area (Å²) in [7, 11) is 1.95. The molecule has 0 atom stereocenters. The van der Waals surface area contributed by atoms with E-state index in [2.05, 4.69) is 17.4 Å². The third-order valence-electron chi connectivity index (χ3n) is 2.22. The van der Waals surface area contributed by atoms with Gasteiger partial charge in [-0.3, -0.25) is 0 Å². The molecular formula is C14H17N3O2. The first-order chi connectivity index (χ1) is 9.22. The Balaban J connectivity index is 0.000000191. The summed E-state index contributed by atoms with van der Waals surface area (Å²) in [6.45, 7) is 0.959. The van der Waals surface area contributed by atoms with E-state index < -0.39 is 5.03 Å². The van der Waals surface area contributed by atoms with Crippen LogP contribution >= 0.6 is 0 Å². The molecule has 0 heterocycles. The van der Waals surface area contributed by atoms with Gasteiger partial charge < -0.3 is 5.32 Å². The molecule has 2 aromatic carbocycles. The van der Waals surface area contributed by atoms with Crippen molar-refractivity contribution in [1.82, 2.24) is 5.32 Å². The third kappa shape index (κ3) is 6.80. The molecule has 100 valence electrons. The van der Waals surface area contributed by atoms with E-state index in [0.29, 0.717) is 5.69 Å². The van der Waals surface area contributed by atoms with Gasteiger partial charge >= 0.3 is 0 Å². The zero-order valence-electron chi connectivity index (χ0n) is 10.7. The molecule has 0 fully saturated rings. The number of rotatable bonds is 4. The molecule has 2 N–H and O–H groups in total. The molecule has 0 aliphatic carbocycles. The van der Waals surface area contributed by atoms with Crippen LogP contribution in [0.1, 0.15) is 5.56 Å². The Hall–Kier alpha value is -2.40. The second-order valence-electron chi connectivity index (χ2n) is 3.75. The molecule has 0 unspecified atom stereocenters. The van der Waals surface area contributed by atoms with Crippen LogP contribution in [0.25, 0.3) is 0 Å². The first kappa shape index (κ1) is 14.7. The summed E-state index contributed by atoms with van der Waals surface area (Å²) < 4.78 is 0. The number of para-hydroxylation sites is 1. The van der Waals surface area contributed by atoms with Gasteiger partial charge in [-0.05, 0) is 24.7 Å². The van der Waals surface area contributed by atoms with Gasteiger partial charge in [-0.2, -0.15) is 0 Å². The van der Waals surface area contributed by atoms with E-state index in [9.17, 15) is 10.1 Å². The smallest absolute Gasteiger partial charge is 0.162 e. The summed E-state index contributed by atoms with van der Waals surface area (Å²) in [5.74, 6) is 0. The number of benzene rings is 2. The molecule has 0 radical (unpaired) electrons. The summed E-state index contributed by atoms with van der Waals surface area (Å²) in [6, 6.07) is 18.8. The van der Waals surface area contributed by atoms with Crippen LogP contribution in [0.15, 0.2) is 60.7 Å². The number of hydrogen-bond acceptors (Lipinski definition) is 3. The molecule has 2 aromatic rings. The summed E-state index contributed by atoms with van der Waals surface area (Å²) >= 11 is 0. The van der Waals surface area contributed by atoms with Crippen molar-refractivity contribution < 1.29 is 5.03 Å². The molecule has 0 saturated heterocycles. The van der Waals surface area contributed by atoms with Crippen LogP contribution in [0.2, 0.25) is 0 Å². The Kier molecular flexibility index (Phi) is 6.68. The highest BCUT2D eigenvalue weighted by atomic mass is 16.7. The molecule has 0 aliphatic heterocycles. The maximum Gasteiger partial charge on any atom is 0.162 e. The minimum atomic E-state index is -0.588. The van der Waals surface area contributed by atoms with Crippen LogP contribution in [-0.2, 0) is 6.54 Å². The molecule has 0 amide bonds. The number of hydrazine groups is 1. The van der Waals surface area contributed by atoms with Crippen LogP contribution in [-0.4, -0.2) is 12.1 Å². The Morgan fingerprint density at radius 1 is 1.00 bits per heavy atom. The average Bonchev–Trinajstić information content (AvgIpc) is 2.41. The molecule has 0 bridgehead atoms. The first-order valence-electron chi connectivity index (χ1n) is 5.87. The van der Waals surface area contributed by atoms with Gasteiger partial charge in [0, 0.05) is 6.54 Å².